The molecule has 0 fully saturated rings. The number of nitrogens with one attached hydrogen (secondary N) is 1. The predicted molar refractivity (Wildman–Crippen MR) is 89.1 cm³/mol. The highest BCUT2D eigenvalue weighted by molar-refractivity contribution is 5.17. The predicted octanol–water partition coefficient (Wildman–Crippen LogP) is 3.71. The molecule has 0 spiro atoms. The van der Waals surface area contributed by atoms with E-state index < -0.39 is 0 Å². The molecule has 21 heavy (non-hydrogen) atoms. The minimum atomic E-state index is -0.150. The first-order chi connectivity index (χ1) is 9.97. The standard InChI is InChI=1S/C18H31FN2/c1-6-16(7-2)18(21(4)5)13-20-14(3)11-15-9-8-10-17(19)12-15/h8-10,12,14,16,18,20H,6-7,11,13H2,1-5H3. The van der Waals surface area contributed by atoms with Crippen molar-refractivity contribution in [3.8, 4) is 0 Å². The van der Waals surface area contributed by atoms with Crippen molar-refractivity contribution in [1.29, 1.82) is 0 Å². The Hall–Kier alpha value is -0.930. The highest BCUT2D eigenvalue weighted by atomic mass is 19.1. The van der Waals surface area contributed by atoms with E-state index in [2.05, 4.69) is 45.1 Å². The molecule has 120 valence electrons. The number of benzene rings is 1. The summed E-state index contributed by atoms with van der Waals surface area (Å²) in [5, 5.41) is 3.62. The van der Waals surface area contributed by atoms with Crippen molar-refractivity contribution in [3.05, 3.63) is 35.6 Å². The van der Waals surface area contributed by atoms with Gasteiger partial charge in [0.2, 0.25) is 0 Å². The van der Waals surface area contributed by atoms with Crippen LogP contribution < -0.4 is 5.32 Å². The summed E-state index contributed by atoms with van der Waals surface area (Å²) in [6.07, 6.45) is 3.28. The van der Waals surface area contributed by atoms with Crippen LogP contribution in [0.15, 0.2) is 24.3 Å². The average Bonchev–Trinajstić information content (AvgIpc) is 2.43. The minimum Gasteiger partial charge on any atom is -0.312 e. The fraction of sp³-hybridized carbons (Fsp3) is 0.667. The van der Waals surface area contributed by atoms with E-state index in [-0.39, 0.29) is 5.82 Å². The van der Waals surface area contributed by atoms with Crippen LogP contribution in [0.4, 0.5) is 4.39 Å². The van der Waals surface area contributed by atoms with Crippen LogP contribution in [0.1, 0.15) is 39.2 Å². The summed E-state index contributed by atoms with van der Waals surface area (Å²) in [5.41, 5.74) is 1.05. The third-order valence-corrected chi connectivity index (χ3v) is 4.36. The average molecular weight is 294 g/mol. The molecule has 0 radical (unpaired) electrons. The Morgan fingerprint density at radius 2 is 1.86 bits per heavy atom. The summed E-state index contributed by atoms with van der Waals surface area (Å²) in [6, 6.07) is 7.80. The number of rotatable bonds is 9. The zero-order valence-electron chi connectivity index (χ0n) is 14.2. The third-order valence-electron chi connectivity index (χ3n) is 4.36. The van der Waals surface area contributed by atoms with E-state index in [1.807, 2.05) is 6.07 Å². The SMILES string of the molecule is CCC(CC)C(CNC(C)Cc1cccc(F)c1)N(C)C. The molecule has 0 aromatic heterocycles. The summed E-state index contributed by atoms with van der Waals surface area (Å²) in [5.74, 6) is 0.566. The molecule has 3 heteroatoms. The maximum Gasteiger partial charge on any atom is 0.123 e. The van der Waals surface area contributed by atoms with Crippen molar-refractivity contribution >= 4 is 0 Å². The fourth-order valence-electron chi connectivity index (χ4n) is 3.02. The molecule has 0 aliphatic rings. The minimum absolute atomic E-state index is 0.150. The monoisotopic (exact) mass is 294 g/mol. The van der Waals surface area contributed by atoms with E-state index in [0.29, 0.717) is 18.0 Å². The highest BCUT2D eigenvalue weighted by Crippen LogP contribution is 2.16. The zero-order chi connectivity index (χ0) is 15.8. The van der Waals surface area contributed by atoms with Gasteiger partial charge >= 0.3 is 0 Å². The highest BCUT2D eigenvalue weighted by Gasteiger charge is 2.20. The maximum absolute atomic E-state index is 13.2. The normalized spacial score (nSPS) is 14.7. The van der Waals surface area contributed by atoms with Crippen LogP contribution in [0.2, 0.25) is 0 Å². The summed E-state index contributed by atoms with van der Waals surface area (Å²) in [7, 11) is 4.31. The van der Waals surface area contributed by atoms with Gasteiger partial charge in [-0.3, -0.25) is 0 Å². The molecule has 0 aliphatic carbocycles. The van der Waals surface area contributed by atoms with E-state index in [0.717, 1.165) is 18.5 Å². The molecule has 1 aromatic carbocycles. The van der Waals surface area contributed by atoms with Gasteiger partial charge in [-0.1, -0.05) is 38.8 Å². The number of halogens is 1. The van der Waals surface area contributed by atoms with Gasteiger partial charge in [0.25, 0.3) is 0 Å². The zero-order valence-corrected chi connectivity index (χ0v) is 14.2. The Balaban J connectivity index is 2.51. The van der Waals surface area contributed by atoms with Crippen molar-refractivity contribution in [2.75, 3.05) is 20.6 Å². The van der Waals surface area contributed by atoms with E-state index in [1.165, 1.54) is 18.9 Å². The molecule has 2 unspecified atom stereocenters. The van der Waals surface area contributed by atoms with Crippen molar-refractivity contribution in [3.63, 3.8) is 0 Å². The molecular weight excluding hydrogens is 263 g/mol. The maximum atomic E-state index is 13.2. The molecule has 0 saturated carbocycles. The Labute approximate surface area is 129 Å². The molecule has 1 N–H and O–H groups in total. The largest absolute Gasteiger partial charge is 0.312 e. The Morgan fingerprint density at radius 3 is 2.38 bits per heavy atom. The summed E-state index contributed by atoms with van der Waals surface area (Å²) >= 11 is 0. The van der Waals surface area contributed by atoms with Crippen LogP contribution in [-0.4, -0.2) is 37.6 Å². The Bertz CT molecular complexity index is 402. The lowest BCUT2D eigenvalue weighted by Crippen LogP contribution is -2.45. The second-order valence-electron chi connectivity index (χ2n) is 6.25. The molecule has 0 saturated heterocycles. The molecule has 0 heterocycles. The van der Waals surface area contributed by atoms with E-state index in [1.54, 1.807) is 12.1 Å². The first kappa shape index (κ1) is 18.1. The molecule has 2 nitrogen and oxygen atoms in total. The van der Waals surface area contributed by atoms with Crippen molar-refractivity contribution in [2.45, 2.75) is 52.1 Å². The van der Waals surface area contributed by atoms with Crippen LogP contribution in [0.25, 0.3) is 0 Å². The molecule has 0 bridgehead atoms. The third kappa shape index (κ3) is 6.15. The molecule has 0 amide bonds. The van der Waals surface area contributed by atoms with Gasteiger partial charge in [-0.15, -0.1) is 0 Å². The van der Waals surface area contributed by atoms with Crippen molar-refractivity contribution in [2.24, 2.45) is 5.92 Å². The summed E-state index contributed by atoms with van der Waals surface area (Å²) < 4.78 is 13.2. The van der Waals surface area contributed by atoms with Crippen LogP contribution >= 0.6 is 0 Å². The van der Waals surface area contributed by atoms with Crippen molar-refractivity contribution in [1.82, 2.24) is 10.2 Å². The Morgan fingerprint density at radius 1 is 1.19 bits per heavy atom. The topological polar surface area (TPSA) is 15.3 Å². The smallest absolute Gasteiger partial charge is 0.123 e. The number of likely N-dealkylation sites (N-methyl/N-ethyl adjacent to an activating group) is 1. The number of hydrogen-bond acceptors (Lipinski definition) is 2. The molecular formula is C18H31FN2. The first-order valence-corrected chi connectivity index (χ1v) is 8.12. The number of nitrogens with zero attached hydrogens (tertiary/aromatic N) is 1. The lowest BCUT2D eigenvalue weighted by molar-refractivity contribution is 0.190. The van der Waals surface area contributed by atoms with Crippen molar-refractivity contribution < 1.29 is 4.39 Å². The molecule has 2 atom stereocenters. The second-order valence-corrected chi connectivity index (χ2v) is 6.25. The van der Waals surface area contributed by atoms with E-state index in [4.69, 9.17) is 0 Å². The molecule has 1 aromatic rings. The van der Waals surface area contributed by atoms with Crippen LogP contribution in [0, 0.1) is 11.7 Å². The quantitative estimate of drug-likeness (QED) is 0.747. The summed E-state index contributed by atoms with van der Waals surface area (Å²) in [6.45, 7) is 7.68. The van der Waals surface area contributed by atoms with Gasteiger partial charge < -0.3 is 10.2 Å². The van der Waals surface area contributed by atoms with Gasteiger partial charge in [-0.25, -0.2) is 4.39 Å². The van der Waals surface area contributed by atoms with Gasteiger partial charge in [-0.2, -0.15) is 0 Å². The fourth-order valence-corrected chi connectivity index (χ4v) is 3.02. The van der Waals surface area contributed by atoms with Crippen LogP contribution in [-0.2, 0) is 6.42 Å². The van der Waals surface area contributed by atoms with Gasteiger partial charge in [0, 0.05) is 18.6 Å². The first-order valence-electron chi connectivity index (χ1n) is 8.12. The van der Waals surface area contributed by atoms with Gasteiger partial charge in [0.05, 0.1) is 0 Å². The van der Waals surface area contributed by atoms with Crippen LogP contribution in [0.5, 0.6) is 0 Å². The van der Waals surface area contributed by atoms with E-state index in [9.17, 15) is 4.39 Å². The van der Waals surface area contributed by atoms with Gasteiger partial charge in [-0.05, 0) is 51.1 Å². The number of hydrogen-bond donors (Lipinski definition) is 1. The Kier molecular flexibility index (Phi) is 7.91. The van der Waals surface area contributed by atoms with E-state index >= 15 is 0 Å². The van der Waals surface area contributed by atoms with Crippen LogP contribution in [0.3, 0.4) is 0 Å². The van der Waals surface area contributed by atoms with Gasteiger partial charge in [0.15, 0.2) is 0 Å². The molecule has 0 aliphatic heterocycles. The van der Waals surface area contributed by atoms with Gasteiger partial charge in [0.1, 0.15) is 5.82 Å². The summed E-state index contributed by atoms with van der Waals surface area (Å²) in [4.78, 5) is 2.32. The lowest BCUT2D eigenvalue weighted by Gasteiger charge is -2.32. The lowest BCUT2D eigenvalue weighted by atomic mass is 9.93. The second kappa shape index (κ2) is 9.16. The molecule has 1 rings (SSSR count).